The summed E-state index contributed by atoms with van der Waals surface area (Å²) in [5, 5.41) is 3.26. The largest absolute Gasteiger partial charge is 0.314 e. The monoisotopic (exact) mass is 284 g/mol. The second-order valence-electron chi connectivity index (χ2n) is 6.49. The van der Waals surface area contributed by atoms with E-state index in [1.807, 2.05) is 12.1 Å². The Kier molecular flexibility index (Phi) is 2.89. The molecule has 3 aliphatic rings. The molecule has 110 valence electrons. The molecule has 0 bridgehead atoms. The van der Waals surface area contributed by atoms with Crippen LogP contribution in [-0.4, -0.2) is 31.8 Å². The average molecular weight is 284 g/mol. The van der Waals surface area contributed by atoms with Gasteiger partial charge in [-0.25, -0.2) is 0 Å². The van der Waals surface area contributed by atoms with Crippen LogP contribution in [-0.2, 0) is 15.0 Å². The van der Waals surface area contributed by atoms with Crippen LogP contribution >= 0.6 is 0 Å². The van der Waals surface area contributed by atoms with E-state index in [-0.39, 0.29) is 12.5 Å². The highest BCUT2D eigenvalue weighted by Gasteiger charge is 2.56. The Morgan fingerprint density at radius 3 is 2.67 bits per heavy atom. The molecule has 1 saturated heterocycles. The third kappa shape index (κ3) is 1.65. The molecule has 1 saturated carbocycles. The molecular formula is C17H20N2O2. The molecule has 1 spiro atoms. The van der Waals surface area contributed by atoms with E-state index in [4.69, 9.17) is 0 Å². The maximum Gasteiger partial charge on any atom is 0.240 e. The summed E-state index contributed by atoms with van der Waals surface area (Å²) >= 11 is 0. The SMILES string of the molecule is O=CCN1C(=O)C2(CNC2)c2c(C3CCCC3)cccc21. The number of rotatable bonds is 3. The molecule has 1 amide bonds. The Morgan fingerprint density at radius 1 is 1.29 bits per heavy atom. The average Bonchev–Trinajstić information content (AvgIpc) is 3.04. The molecule has 0 atom stereocenters. The molecule has 21 heavy (non-hydrogen) atoms. The van der Waals surface area contributed by atoms with Crippen LogP contribution in [0.4, 0.5) is 5.69 Å². The van der Waals surface area contributed by atoms with Gasteiger partial charge in [-0.3, -0.25) is 4.79 Å². The van der Waals surface area contributed by atoms with Gasteiger partial charge in [-0.05, 0) is 36.0 Å². The van der Waals surface area contributed by atoms with Gasteiger partial charge in [0, 0.05) is 18.8 Å². The Balaban J connectivity index is 1.87. The fourth-order valence-electron chi connectivity index (χ4n) is 4.31. The molecule has 4 heteroatoms. The van der Waals surface area contributed by atoms with Gasteiger partial charge in [0.25, 0.3) is 0 Å². The normalized spacial score (nSPS) is 23.4. The van der Waals surface area contributed by atoms with Crippen LogP contribution in [0.5, 0.6) is 0 Å². The van der Waals surface area contributed by atoms with Crippen LogP contribution in [0.3, 0.4) is 0 Å². The first-order valence-electron chi connectivity index (χ1n) is 7.87. The first kappa shape index (κ1) is 13.0. The van der Waals surface area contributed by atoms with Crippen molar-refractivity contribution in [2.45, 2.75) is 37.0 Å². The van der Waals surface area contributed by atoms with E-state index in [1.165, 1.54) is 36.8 Å². The summed E-state index contributed by atoms with van der Waals surface area (Å²) in [5.74, 6) is 0.690. The van der Waals surface area contributed by atoms with Crippen molar-refractivity contribution < 1.29 is 9.59 Å². The summed E-state index contributed by atoms with van der Waals surface area (Å²) in [5.41, 5.74) is 3.13. The van der Waals surface area contributed by atoms with Crippen LogP contribution in [0, 0.1) is 0 Å². The molecule has 0 unspecified atom stereocenters. The van der Waals surface area contributed by atoms with Crippen molar-refractivity contribution in [1.82, 2.24) is 5.32 Å². The molecule has 1 N–H and O–H groups in total. The minimum Gasteiger partial charge on any atom is -0.314 e. The molecule has 2 fully saturated rings. The highest BCUT2D eigenvalue weighted by atomic mass is 16.2. The first-order chi connectivity index (χ1) is 10.3. The minimum absolute atomic E-state index is 0.105. The number of benzene rings is 1. The third-order valence-corrected chi connectivity index (χ3v) is 5.40. The second-order valence-corrected chi connectivity index (χ2v) is 6.49. The fourth-order valence-corrected chi connectivity index (χ4v) is 4.31. The van der Waals surface area contributed by atoms with Crippen LogP contribution in [0.25, 0.3) is 0 Å². The lowest BCUT2D eigenvalue weighted by molar-refractivity contribution is -0.125. The zero-order valence-electron chi connectivity index (χ0n) is 12.1. The maximum atomic E-state index is 12.9. The van der Waals surface area contributed by atoms with E-state index in [0.717, 1.165) is 12.0 Å². The standard InChI is InChI=1S/C17H20N2O2/c20-9-8-19-14-7-3-6-13(12-4-1-2-5-12)15(14)17(16(19)21)10-18-11-17/h3,6-7,9,12,18H,1-2,4-5,8,10-11H2. The smallest absolute Gasteiger partial charge is 0.240 e. The highest BCUT2D eigenvalue weighted by Crippen LogP contribution is 2.49. The minimum atomic E-state index is -0.405. The number of fused-ring (bicyclic) bond motifs is 2. The van der Waals surface area contributed by atoms with Crippen molar-refractivity contribution in [2.24, 2.45) is 0 Å². The molecule has 1 aromatic rings. The third-order valence-electron chi connectivity index (χ3n) is 5.40. The van der Waals surface area contributed by atoms with E-state index in [1.54, 1.807) is 4.90 Å². The summed E-state index contributed by atoms with van der Waals surface area (Å²) in [7, 11) is 0. The number of anilines is 1. The number of aldehydes is 1. The Morgan fingerprint density at radius 2 is 2.05 bits per heavy atom. The van der Waals surface area contributed by atoms with Gasteiger partial charge in [0.1, 0.15) is 11.7 Å². The summed E-state index contributed by atoms with van der Waals surface area (Å²) in [6.07, 6.45) is 5.84. The molecule has 2 aliphatic heterocycles. The molecule has 0 aromatic heterocycles. The van der Waals surface area contributed by atoms with E-state index >= 15 is 0 Å². The van der Waals surface area contributed by atoms with E-state index in [2.05, 4.69) is 11.4 Å². The number of nitrogens with one attached hydrogen (secondary N) is 1. The molecule has 1 aromatic carbocycles. The van der Waals surface area contributed by atoms with Crippen LogP contribution < -0.4 is 10.2 Å². The van der Waals surface area contributed by atoms with Gasteiger partial charge in [-0.1, -0.05) is 25.0 Å². The van der Waals surface area contributed by atoms with Gasteiger partial charge < -0.3 is 15.0 Å². The molecule has 4 nitrogen and oxygen atoms in total. The summed E-state index contributed by atoms with van der Waals surface area (Å²) < 4.78 is 0. The summed E-state index contributed by atoms with van der Waals surface area (Å²) in [6.45, 7) is 1.58. The molecule has 1 aliphatic carbocycles. The van der Waals surface area contributed by atoms with E-state index < -0.39 is 5.41 Å². The predicted molar refractivity (Wildman–Crippen MR) is 80.6 cm³/mol. The van der Waals surface area contributed by atoms with Crippen molar-refractivity contribution in [3.05, 3.63) is 29.3 Å². The topological polar surface area (TPSA) is 49.4 Å². The van der Waals surface area contributed by atoms with E-state index in [0.29, 0.717) is 19.0 Å². The first-order valence-corrected chi connectivity index (χ1v) is 7.87. The summed E-state index contributed by atoms with van der Waals surface area (Å²) in [6, 6.07) is 6.25. The van der Waals surface area contributed by atoms with Gasteiger partial charge in [0.2, 0.25) is 5.91 Å². The molecule has 4 rings (SSSR count). The Bertz CT molecular complexity index is 601. The van der Waals surface area contributed by atoms with E-state index in [9.17, 15) is 9.59 Å². The molecule has 2 heterocycles. The van der Waals surface area contributed by atoms with Gasteiger partial charge in [-0.15, -0.1) is 0 Å². The fraction of sp³-hybridized carbons (Fsp3) is 0.529. The zero-order valence-corrected chi connectivity index (χ0v) is 12.1. The number of hydrogen-bond acceptors (Lipinski definition) is 3. The lowest BCUT2D eigenvalue weighted by atomic mass is 9.72. The van der Waals surface area contributed by atoms with Gasteiger partial charge in [0.05, 0.1) is 6.54 Å². The lowest BCUT2D eigenvalue weighted by Crippen LogP contribution is -2.62. The Hall–Kier alpha value is -1.68. The number of hydrogen-bond donors (Lipinski definition) is 1. The number of carbonyl (C=O) groups is 2. The van der Waals surface area contributed by atoms with Crippen LogP contribution in [0.1, 0.15) is 42.7 Å². The van der Waals surface area contributed by atoms with Crippen molar-refractivity contribution in [3.63, 3.8) is 0 Å². The van der Waals surface area contributed by atoms with Crippen LogP contribution in [0.15, 0.2) is 18.2 Å². The predicted octanol–water partition coefficient (Wildman–Crippen LogP) is 1.73. The van der Waals surface area contributed by atoms with Gasteiger partial charge >= 0.3 is 0 Å². The van der Waals surface area contributed by atoms with Crippen molar-refractivity contribution >= 4 is 17.9 Å². The zero-order chi connectivity index (χ0) is 14.4. The van der Waals surface area contributed by atoms with Crippen molar-refractivity contribution in [3.8, 4) is 0 Å². The Labute approximate surface area is 124 Å². The quantitative estimate of drug-likeness (QED) is 0.860. The lowest BCUT2D eigenvalue weighted by Gasteiger charge is -2.39. The highest BCUT2D eigenvalue weighted by molar-refractivity contribution is 6.11. The second kappa shape index (κ2) is 4.67. The molecular weight excluding hydrogens is 264 g/mol. The van der Waals surface area contributed by atoms with Crippen LogP contribution in [0.2, 0.25) is 0 Å². The number of carbonyl (C=O) groups excluding carboxylic acids is 2. The van der Waals surface area contributed by atoms with Gasteiger partial charge in [-0.2, -0.15) is 0 Å². The summed E-state index contributed by atoms with van der Waals surface area (Å²) in [4.78, 5) is 25.5. The van der Waals surface area contributed by atoms with Crippen molar-refractivity contribution in [1.29, 1.82) is 0 Å². The number of nitrogens with zero attached hydrogens (tertiary/aromatic N) is 1. The van der Waals surface area contributed by atoms with Crippen molar-refractivity contribution in [2.75, 3.05) is 24.5 Å². The number of amides is 1. The maximum absolute atomic E-state index is 12.9. The van der Waals surface area contributed by atoms with Gasteiger partial charge in [0.15, 0.2) is 0 Å². The molecule has 0 radical (unpaired) electrons.